The van der Waals surface area contributed by atoms with Gasteiger partial charge in [0, 0.05) is 5.25 Å². The molecule has 0 N–H and O–H groups in total. The van der Waals surface area contributed by atoms with Crippen LogP contribution < -0.4 is 0 Å². The molecule has 1 aromatic rings. The molecule has 3 nitrogen and oxygen atoms in total. The standard InChI is InChI=1S/C12H17N3S/c1-5-9-10(7-13)12(16-8(3)4)15-14-11(9)6-2/h8H,5-6H2,1-4H3. The van der Waals surface area contributed by atoms with E-state index < -0.39 is 0 Å². The summed E-state index contributed by atoms with van der Waals surface area (Å²) in [6.07, 6.45) is 1.67. The summed E-state index contributed by atoms with van der Waals surface area (Å²) in [5.41, 5.74) is 2.73. The van der Waals surface area contributed by atoms with E-state index in [9.17, 15) is 5.26 Å². The molecule has 0 amide bonds. The van der Waals surface area contributed by atoms with Crippen molar-refractivity contribution in [1.29, 1.82) is 5.26 Å². The van der Waals surface area contributed by atoms with E-state index in [0.717, 1.165) is 29.1 Å². The van der Waals surface area contributed by atoms with Crippen molar-refractivity contribution in [3.63, 3.8) is 0 Å². The van der Waals surface area contributed by atoms with Crippen LogP contribution in [-0.2, 0) is 12.8 Å². The fourth-order valence-corrected chi connectivity index (χ4v) is 2.40. The molecule has 0 aliphatic heterocycles. The number of aromatic nitrogens is 2. The Labute approximate surface area is 101 Å². The summed E-state index contributed by atoms with van der Waals surface area (Å²) in [6.45, 7) is 8.28. The Hall–Kier alpha value is -1.08. The van der Waals surface area contributed by atoms with Crippen LogP contribution in [0.4, 0.5) is 0 Å². The molecule has 0 atom stereocenters. The summed E-state index contributed by atoms with van der Waals surface area (Å²) < 4.78 is 0. The quantitative estimate of drug-likeness (QED) is 0.753. The number of hydrogen-bond acceptors (Lipinski definition) is 4. The molecule has 86 valence electrons. The van der Waals surface area contributed by atoms with Crippen molar-refractivity contribution in [2.75, 3.05) is 0 Å². The second kappa shape index (κ2) is 5.86. The molecule has 0 aliphatic rings. The fraction of sp³-hybridized carbons (Fsp3) is 0.583. The third-order valence-electron chi connectivity index (χ3n) is 2.27. The van der Waals surface area contributed by atoms with Crippen LogP contribution >= 0.6 is 11.8 Å². The first-order valence-electron chi connectivity index (χ1n) is 5.59. The second-order valence-electron chi connectivity index (χ2n) is 3.79. The zero-order valence-electron chi connectivity index (χ0n) is 10.2. The van der Waals surface area contributed by atoms with Crippen LogP contribution in [0.15, 0.2) is 5.03 Å². The predicted octanol–water partition coefficient (Wildman–Crippen LogP) is 2.97. The van der Waals surface area contributed by atoms with Crippen LogP contribution in [0.1, 0.15) is 44.5 Å². The predicted molar refractivity (Wildman–Crippen MR) is 66.5 cm³/mol. The average molecular weight is 235 g/mol. The Morgan fingerprint density at radius 3 is 2.38 bits per heavy atom. The van der Waals surface area contributed by atoms with E-state index in [2.05, 4.69) is 37.0 Å². The molecule has 1 aromatic heterocycles. The van der Waals surface area contributed by atoms with Gasteiger partial charge in [0.2, 0.25) is 0 Å². The molecule has 0 radical (unpaired) electrons. The number of thioether (sulfide) groups is 1. The molecule has 0 spiro atoms. The van der Waals surface area contributed by atoms with Crippen molar-refractivity contribution in [3.05, 3.63) is 16.8 Å². The van der Waals surface area contributed by atoms with Gasteiger partial charge in [-0.25, -0.2) is 0 Å². The van der Waals surface area contributed by atoms with Gasteiger partial charge in [0.05, 0.1) is 11.3 Å². The van der Waals surface area contributed by atoms with Crippen molar-refractivity contribution >= 4 is 11.8 Å². The maximum atomic E-state index is 9.23. The highest BCUT2D eigenvalue weighted by atomic mass is 32.2. The summed E-state index contributed by atoms with van der Waals surface area (Å²) in [7, 11) is 0. The lowest BCUT2D eigenvalue weighted by molar-refractivity contribution is 0.816. The Morgan fingerprint density at radius 1 is 1.25 bits per heavy atom. The number of nitriles is 1. The van der Waals surface area contributed by atoms with Gasteiger partial charge in [-0.3, -0.25) is 0 Å². The lowest BCUT2D eigenvalue weighted by Crippen LogP contribution is -2.05. The molecule has 16 heavy (non-hydrogen) atoms. The van der Waals surface area contributed by atoms with Crippen molar-refractivity contribution < 1.29 is 0 Å². The Bertz CT molecular complexity index is 407. The minimum Gasteiger partial charge on any atom is -0.192 e. The van der Waals surface area contributed by atoms with Gasteiger partial charge in [-0.1, -0.05) is 27.7 Å². The number of rotatable bonds is 4. The van der Waals surface area contributed by atoms with Crippen molar-refractivity contribution in [2.24, 2.45) is 0 Å². The summed E-state index contributed by atoms with van der Waals surface area (Å²) >= 11 is 1.60. The van der Waals surface area contributed by atoms with Crippen molar-refractivity contribution in [3.8, 4) is 6.07 Å². The van der Waals surface area contributed by atoms with Gasteiger partial charge in [-0.15, -0.1) is 16.9 Å². The molecular formula is C12H17N3S. The van der Waals surface area contributed by atoms with Gasteiger partial charge in [0.25, 0.3) is 0 Å². The molecule has 1 heterocycles. The van der Waals surface area contributed by atoms with Crippen molar-refractivity contribution in [1.82, 2.24) is 10.2 Å². The zero-order chi connectivity index (χ0) is 12.1. The molecule has 1 rings (SSSR count). The first kappa shape index (κ1) is 13.0. The van der Waals surface area contributed by atoms with Gasteiger partial charge in [0.1, 0.15) is 11.1 Å². The molecule has 0 fully saturated rings. The molecular weight excluding hydrogens is 218 g/mol. The van der Waals surface area contributed by atoms with E-state index >= 15 is 0 Å². The van der Waals surface area contributed by atoms with Crippen LogP contribution in [0.3, 0.4) is 0 Å². The topological polar surface area (TPSA) is 49.6 Å². The van der Waals surface area contributed by atoms with E-state index in [0.29, 0.717) is 10.8 Å². The molecule has 0 saturated carbocycles. The summed E-state index contributed by atoms with van der Waals surface area (Å²) in [4.78, 5) is 0. The van der Waals surface area contributed by atoms with Gasteiger partial charge < -0.3 is 0 Å². The lowest BCUT2D eigenvalue weighted by atomic mass is 10.1. The maximum Gasteiger partial charge on any atom is 0.137 e. The van der Waals surface area contributed by atoms with E-state index in [1.54, 1.807) is 11.8 Å². The Balaban J connectivity index is 3.27. The third kappa shape index (κ3) is 2.73. The number of nitrogens with zero attached hydrogens (tertiary/aromatic N) is 3. The monoisotopic (exact) mass is 235 g/mol. The summed E-state index contributed by atoms with van der Waals surface area (Å²) in [6, 6.07) is 2.27. The highest BCUT2D eigenvalue weighted by Gasteiger charge is 2.15. The van der Waals surface area contributed by atoms with E-state index in [1.165, 1.54) is 0 Å². The number of aryl methyl sites for hydroxylation is 1. The summed E-state index contributed by atoms with van der Waals surface area (Å²) in [5.74, 6) is 0. The van der Waals surface area contributed by atoms with Crippen LogP contribution in [0.2, 0.25) is 0 Å². The minimum atomic E-state index is 0.415. The lowest BCUT2D eigenvalue weighted by Gasteiger charge is -2.11. The fourth-order valence-electron chi connectivity index (χ4n) is 1.58. The largest absolute Gasteiger partial charge is 0.192 e. The summed E-state index contributed by atoms with van der Waals surface area (Å²) in [5, 5.41) is 18.8. The van der Waals surface area contributed by atoms with Crippen LogP contribution in [0, 0.1) is 11.3 Å². The Kier molecular flexibility index (Phi) is 4.75. The highest BCUT2D eigenvalue weighted by Crippen LogP contribution is 2.27. The molecule has 0 bridgehead atoms. The first-order chi connectivity index (χ1) is 7.63. The second-order valence-corrected chi connectivity index (χ2v) is 5.36. The van der Waals surface area contributed by atoms with Gasteiger partial charge in [-0.2, -0.15) is 10.4 Å². The first-order valence-corrected chi connectivity index (χ1v) is 6.47. The number of hydrogen-bond donors (Lipinski definition) is 0. The van der Waals surface area contributed by atoms with Gasteiger partial charge in [0.15, 0.2) is 0 Å². The minimum absolute atomic E-state index is 0.415. The van der Waals surface area contributed by atoms with Crippen LogP contribution in [-0.4, -0.2) is 15.4 Å². The van der Waals surface area contributed by atoms with Gasteiger partial charge >= 0.3 is 0 Å². The smallest absolute Gasteiger partial charge is 0.137 e. The molecule has 0 aromatic carbocycles. The Morgan fingerprint density at radius 2 is 1.94 bits per heavy atom. The normalized spacial score (nSPS) is 10.5. The zero-order valence-corrected chi connectivity index (χ0v) is 11.1. The van der Waals surface area contributed by atoms with E-state index in [-0.39, 0.29) is 0 Å². The molecule has 0 unspecified atom stereocenters. The van der Waals surface area contributed by atoms with E-state index in [1.807, 2.05) is 6.92 Å². The average Bonchev–Trinajstić information content (AvgIpc) is 2.27. The van der Waals surface area contributed by atoms with Crippen LogP contribution in [0.5, 0.6) is 0 Å². The SMILES string of the molecule is CCc1nnc(SC(C)C)c(C#N)c1CC. The van der Waals surface area contributed by atoms with Crippen molar-refractivity contribution in [2.45, 2.75) is 50.8 Å². The highest BCUT2D eigenvalue weighted by molar-refractivity contribution is 7.99. The van der Waals surface area contributed by atoms with Gasteiger partial charge in [-0.05, 0) is 18.4 Å². The van der Waals surface area contributed by atoms with Crippen LogP contribution in [0.25, 0.3) is 0 Å². The third-order valence-corrected chi connectivity index (χ3v) is 3.25. The molecule has 4 heteroatoms. The maximum absolute atomic E-state index is 9.23. The molecule has 0 aliphatic carbocycles. The molecule has 0 saturated heterocycles. The van der Waals surface area contributed by atoms with E-state index in [4.69, 9.17) is 0 Å².